The Morgan fingerprint density at radius 3 is 1.49 bits per heavy atom. The Hall–Kier alpha value is -9.20. The highest BCUT2D eigenvalue weighted by Crippen LogP contribution is 2.46. The highest BCUT2D eigenvalue weighted by molar-refractivity contribution is 6.13. The molecule has 0 unspecified atom stereocenters. The van der Waals surface area contributed by atoms with Gasteiger partial charge in [0, 0.05) is 55.7 Å². The standard InChI is InChI=1S/C59H32F5N5/c1-65-47-33-52(68-48-21-10-8-17-39(48)41-29-37(23-25-50(41)68)45-20-12-19-44(67-45)35-15-6-3-7-16-35)43(54-55(60)57(62)59(64)58(63)56(54)61)32-53(47)69-49-22-11-9-18-40(49)42-30-38(24-26-51(42)69)46-31-36(27-28-66-46)34-13-4-2-5-14-34/h2-33H. The van der Waals surface area contributed by atoms with Crippen molar-refractivity contribution in [2.75, 3.05) is 0 Å². The molecular weight excluding hydrogens is 874 g/mol. The second-order valence-electron chi connectivity index (χ2n) is 16.7. The highest BCUT2D eigenvalue weighted by Gasteiger charge is 2.31. The molecule has 0 radical (unpaired) electrons. The lowest BCUT2D eigenvalue weighted by Gasteiger charge is -2.20. The molecule has 10 heteroatoms. The van der Waals surface area contributed by atoms with Crippen molar-refractivity contribution in [2.45, 2.75) is 0 Å². The van der Waals surface area contributed by atoms with Crippen LogP contribution in [0.1, 0.15) is 0 Å². The lowest BCUT2D eigenvalue weighted by atomic mass is 9.99. The molecule has 0 atom stereocenters. The second-order valence-corrected chi connectivity index (χ2v) is 16.7. The van der Waals surface area contributed by atoms with Crippen LogP contribution in [0.2, 0.25) is 0 Å². The SMILES string of the molecule is [C-]#[N+]c1cc(-n2c3ccccc3c3cc(-c4cccc(-c5ccccc5)n4)ccc32)c(-c2c(F)c(F)c(F)c(F)c2F)cc1-n1c2ccccc2c2cc(-c3cc(-c4ccccc4)ccn3)ccc21. The lowest BCUT2D eigenvalue weighted by molar-refractivity contribution is 0.381. The van der Waals surface area contributed by atoms with Gasteiger partial charge in [-0.3, -0.25) is 4.98 Å². The number of halogens is 5. The van der Waals surface area contributed by atoms with Crippen molar-refractivity contribution < 1.29 is 22.0 Å². The van der Waals surface area contributed by atoms with Gasteiger partial charge in [0.15, 0.2) is 23.3 Å². The number of fused-ring (bicyclic) bond motifs is 6. The van der Waals surface area contributed by atoms with Gasteiger partial charge >= 0.3 is 0 Å². The summed E-state index contributed by atoms with van der Waals surface area (Å²) in [5.74, 6) is -10.4. The van der Waals surface area contributed by atoms with Crippen LogP contribution in [0.5, 0.6) is 0 Å². The molecule has 0 fully saturated rings. The minimum Gasteiger partial charge on any atom is -0.319 e. The van der Waals surface area contributed by atoms with Gasteiger partial charge in [0.2, 0.25) is 11.5 Å². The van der Waals surface area contributed by atoms with Gasteiger partial charge in [-0.05, 0) is 83.9 Å². The van der Waals surface area contributed by atoms with E-state index in [1.54, 1.807) is 21.4 Å². The minimum atomic E-state index is -2.27. The minimum absolute atomic E-state index is 0.0310. The smallest absolute Gasteiger partial charge is 0.212 e. The first-order chi connectivity index (χ1) is 33.8. The summed E-state index contributed by atoms with van der Waals surface area (Å²) in [7, 11) is 0. The quantitative estimate of drug-likeness (QED) is 0.0692. The van der Waals surface area contributed by atoms with Crippen molar-refractivity contribution >= 4 is 49.3 Å². The molecule has 69 heavy (non-hydrogen) atoms. The maximum atomic E-state index is 16.4. The molecule has 8 aromatic carbocycles. The van der Waals surface area contributed by atoms with E-state index in [0.29, 0.717) is 27.8 Å². The van der Waals surface area contributed by atoms with E-state index >= 15 is 17.6 Å². The Balaban J connectivity index is 1.10. The normalized spacial score (nSPS) is 11.5. The molecular formula is C59H32F5N5. The zero-order valence-electron chi connectivity index (χ0n) is 36.1. The van der Waals surface area contributed by atoms with Crippen LogP contribution >= 0.6 is 0 Å². The number of aromatic nitrogens is 4. The number of hydrogen-bond acceptors (Lipinski definition) is 2. The van der Waals surface area contributed by atoms with Crippen LogP contribution in [0.15, 0.2) is 194 Å². The Kier molecular flexibility index (Phi) is 9.74. The predicted molar refractivity (Wildman–Crippen MR) is 264 cm³/mol. The molecule has 0 aliphatic heterocycles. The van der Waals surface area contributed by atoms with E-state index in [4.69, 9.17) is 16.5 Å². The maximum Gasteiger partial charge on any atom is 0.212 e. The molecule has 5 nitrogen and oxygen atoms in total. The van der Waals surface area contributed by atoms with Crippen molar-refractivity contribution in [3.8, 4) is 67.4 Å². The topological polar surface area (TPSA) is 40.0 Å². The molecule has 0 saturated carbocycles. The number of para-hydroxylation sites is 2. The zero-order valence-corrected chi connectivity index (χ0v) is 36.1. The molecule has 4 heterocycles. The van der Waals surface area contributed by atoms with E-state index in [1.165, 1.54) is 12.1 Å². The molecule has 0 spiro atoms. The van der Waals surface area contributed by atoms with Crippen molar-refractivity contribution in [3.63, 3.8) is 0 Å². The summed E-state index contributed by atoms with van der Waals surface area (Å²) < 4.78 is 82.0. The zero-order chi connectivity index (χ0) is 46.9. The molecule has 0 N–H and O–H groups in total. The van der Waals surface area contributed by atoms with E-state index in [-0.39, 0.29) is 22.6 Å². The third-order valence-corrected chi connectivity index (χ3v) is 12.8. The van der Waals surface area contributed by atoms with Crippen molar-refractivity contribution in [1.29, 1.82) is 0 Å². The second kappa shape index (κ2) is 16.3. The number of pyridine rings is 2. The lowest BCUT2D eigenvalue weighted by Crippen LogP contribution is -2.07. The summed E-state index contributed by atoms with van der Waals surface area (Å²) in [6.07, 6.45) is 1.76. The van der Waals surface area contributed by atoms with Gasteiger partial charge < -0.3 is 9.13 Å². The Morgan fingerprint density at radius 2 is 0.884 bits per heavy atom. The van der Waals surface area contributed by atoms with E-state index in [9.17, 15) is 4.39 Å². The molecule has 12 rings (SSSR count). The maximum absolute atomic E-state index is 16.4. The molecule has 0 saturated heterocycles. The molecule has 0 amide bonds. The van der Waals surface area contributed by atoms with Gasteiger partial charge in [0.05, 0.1) is 57.0 Å². The van der Waals surface area contributed by atoms with Crippen LogP contribution in [-0.4, -0.2) is 19.1 Å². The van der Waals surface area contributed by atoms with E-state index < -0.39 is 34.6 Å². The van der Waals surface area contributed by atoms with E-state index in [1.807, 2.05) is 170 Å². The third kappa shape index (κ3) is 6.66. The Labute approximate surface area is 391 Å². The van der Waals surface area contributed by atoms with Crippen LogP contribution in [0.3, 0.4) is 0 Å². The van der Waals surface area contributed by atoms with Crippen molar-refractivity contribution in [1.82, 2.24) is 19.1 Å². The largest absolute Gasteiger partial charge is 0.319 e. The van der Waals surface area contributed by atoms with Gasteiger partial charge in [-0.15, -0.1) is 0 Å². The van der Waals surface area contributed by atoms with Crippen LogP contribution < -0.4 is 0 Å². The first-order valence-electron chi connectivity index (χ1n) is 22.0. The van der Waals surface area contributed by atoms with Gasteiger partial charge in [-0.25, -0.2) is 31.8 Å². The van der Waals surface area contributed by atoms with Crippen LogP contribution in [0, 0.1) is 35.7 Å². The van der Waals surface area contributed by atoms with Crippen molar-refractivity contribution in [2.24, 2.45) is 0 Å². The monoisotopic (exact) mass is 905 g/mol. The predicted octanol–water partition coefficient (Wildman–Crippen LogP) is 16.3. The van der Waals surface area contributed by atoms with Gasteiger partial charge in [0.25, 0.3) is 0 Å². The van der Waals surface area contributed by atoms with Crippen LogP contribution in [-0.2, 0) is 0 Å². The highest BCUT2D eigenvalue weighted by atomic mass is 19.2. The summed E-state index contributed by atoms with van der Waals surface area (Å²) >= 11 is 0. The molecule has 0 bridgehead atoms. The Morgan fingerprint density at radius 1 is 0.377 bits per heavy atom. The first-order valence-corrected chi connectivity index (χ1v) is 22.0. The summed E-state index contributed by atoms with van der Waals surface area (Å²) in [4.78, 5) is 13.7. The average Bonchev–Trinajstić information content (AvgIpc) is 3.92. The third-order valence-electron chi connectivity index (χ3n) is 12.8. The van der Waals surface area contributed by atoms with Crippen LogP contribution in [0.4, 0.5) is 27.6 Å². The number of benzene rings is 8. The first kappa shape index (κ1) is 41.2. The van der Waals surface area contributed by atoms with Crippen LogP contribution in [0.25, 0.3) is 116 Å². The van der Waals surface area contributed by atoms with E-state index in [0.717, 1.165) is 60.8 Å². The molecule has 4 aromatic heterocycles. The fourth-order valence-corrected chi connectivity index (χ4v) is 9.61. The Bertz CT molecular complexity index is 4070. The summed E-state index contributed by atoms with van der Waals surface area (Å²) in [5.41, 5.74) is 8.00. The fraction of sp³-hybridized carbons (Fsp3) is 0. The van der Waals surface area contributed by atoms with Gasteiger partial charge in [0.1, 0.15) is 0 Å². The molecule has 0 aliphatic rings. The molecule has 12 aromatic rings. The van der Waals surface area contributed by atoms with Gasteiger partial charge in [-0.2, -0.15) is 0 Å². The van der Waals surface area contributed by atoms with Gasteiger partial charge in [-0.1, -0.05) is 115 Å². The number of rotatable bonds is 7. The molecule has 0 aliphatic carbocycles. The molecule has 328 valence electrons. The fourth-order valence-electron chi connectivity index (χ4n) is 9.61. The van der Waals surface area contributed by atoms with E-state index in [2.05, 4.69) is 4.85 Å². The number of hydrogen-bond donors (Lipinski definition) is 0. The summed E-state index contributed by atoms with van der Waals surface area (Å²) in [6.45, 7) is 8.62. The van der Waals surface area contributed by atoms with Crippen molar-refractivity contribution in [3.05, 3.63) is 235 Å². The number of nitrogens with zero attached hydrogens (tertiary/aromatic N) is 5. The summed E-state index contributed by atoms with van der Waals surface area (Å²) in [6, 6.07) is 58.6. The summed E-state index contributed by atoms with van der Waals surface area (Å²) in [5, 5.41) is 3.06. The average molecular weight is 906 g/mol.